The molecule has 1 aliphatic heterocycles. The van der Waals surface area contributed by atoms with Crippen LogP contribution in [0.5, 0.6) is 0 Å². The van der Waals surface area contributed by atoms with Gasteiger partial charge >= 0.3 is 23.9 Å². The number of rotatable bonds is 0. The van der Waals surface area contributed by atoms with E-state index in [0.717, 1.165) is 0 Å². The van der Waals surface area contributed by atoms with E-state index in [0.29, 0.717) is 0 Å². The lowest BCUT2D eigenvalue weighted by molar-refractivity contribution is 0.000427. The third-order valence-electron chi connectivity index (χ3n) is 5.32. The topological polar surface area (TPSA) is 142 Å². The zero-order chi connectivity index (χ0) is 28.4. The van der Waals surface area contributed by atoms with Crippen molar-refractivity contribution in [3.8, 4) is 0 Å². The molecule has 0 radical (unpaired) electrons. The molecular weight excluding hydrogens is 528 g/mol. The maximum atomic E-state index is 12.5. The number of cyclic esters (lactones) is 4. The van der Waals surface area contributed by atoms with Gasteiger partial charge in [0.25, 0.3) is 0 Å². The Bertz CT molecular complexity index is 942. The molecule has 216 valence electrons. The van der Waals surface area contributed by atoms with Gasteiger partial charge in [0, 0.05) is 0 Å². The molecule has 0 saturated carbocycles. The Morgan fingerprint density at radius 1 is 0.325 bits per heavy atom. The molecule has 1 aliphatic rings. The molecule has 0 bridgehead atoms. The van der Waals surface area contributed by atoms with E-state index in [2.05, 4.69) is 0 Å². The lowest BCUT2D eigenvalue weighted by atomic mass is 10.1. The van der Waals surface area contributed by atoms with Crippen molar-refractivity contribution < 1.29 is 57.1 Å². The summed E-state index contributed by atoms with van der Waals surface area (Å²) in [5.41, 5.74) is 0.319. The fourth-order valence-corrected chi connectivity index (χ4v) is 3.41. The van der Waals surface area contributed by atoms with E-state index in [-0.39, 0.29) is 102 Å². The van der Waals surface area contributed by atoms with Crippen molar-refractivity contribution in [1.29, 1.82) is 0 Å². The molecule has 0 aromatic heterocycles. The number of benzene rings is 2. The minimum Gasteiger partial charge on any atom is -0.460 e. The second kappa shape index (κ2) is 17.7. The van der Waals surface area contributed by atoms with E-state index >= 15 is 0 Å². The Morgan fingerprint density at radius 3 is 0.750 bits per heavy atom. The van der Waals surface area contributed by atoms with Gasteiger partial charge in [-0.05, 0) is 24.3 Å². The van der Waals surface area contributed by atoms with Crippen LogP contribution >= 0.6 is 0 Å². The second-order valence-electron chi connectivity index (χ2n) is 8.08. The standard InChI is InChI=1S/C28H32O12/c29-25-21-5-1-2-6-22(21)26(30)38-18-14-34-11-12-36-16-20-40-28(32)24-8-4-3-7-23(24)27(31)39-19-15-35-10-9-33-13-17-37-25/h1-8H,9-20H2. The summed E-state index contributed by atoms with van der Waals surface area (Å²) in [6.07, 6.45) is 0. The first kappa shape index (κ1) is 30.7. The molecule has 40 heavy (non-hydrogen) atoms. The summed E-state index contributed by atoms with van der Waals surface area (Å²) >= 11 is 0. The molecule has 2 aromatic rings. The molecule has 0 unspecified atom stereocenters. The Kier molecular flexibility index (Phi) is 13.6. The van der Waals surface area contributed by atoms with Crippen LogP contribution in [0.25, 0.3) is 0 Å². The zero-order valence-corrected chi connectivity index (χ0v) is 22.0. The van der Waals surface area contributed by atoms with Crippen molar-refractivity contribution in [1.82, 2.24) is 0 Å². The summed E-state index contributed by atoms with van der Waals surface area (Å²) in [5.74, 6) is -2.71. The fourth-order valence-electron chi connectivity index (χ4n) is 3.41. The monoisotopic (exact) mass is 560 g/mol. The maximum Gasteiger partial charge on any atom is 0.339 e. The van der Waals surface area contributed by atoms with Crippen molar-refractivity contribution in [2.75, 3.05) is 79.3 Å². The fraction of sp³-hybridized carbons (Fsp3) is 0.429. The molecule has 3 rings (SSSR count). The molecule has 0 atom stereocenters. The minimum absolute atomic E-state index is 0.0302. The van der Waals surface area contributed by atoms with Gasteiger partial charge in [-0.1, -0.05) is 24.3 Å². The zero-order valence-electron chi connectivity index (χ0n) is 22.0. The summed E-state index contributed by atoms with van der Waals surface area (Å²) < 4.78 is 42.3. The first-order chi connectivity index (χ1) is 19.6. The van der Waals surface area contributed by atoms with Crippen LogP contribution in [0.3, 0.4) is 0 Å². The van der Waals surface area contributed by atoms with Gasteiger partial charge in [-0.15, -0.1) is 0 Å². The summed E-state index contributed by atoms with van der Waals surface area (Å²) in [6, 6.07) is 12.4. The molecule has 0 N–H and O–H groups in total. The Labute approximate surface area is 231 Å². The maximum absolute atomic E-state index is 12.5. The van der Waals surface area contributed by atoms with Crippen molar-refractivity contribution in [3.05, 3.63) is 70.8 Å². The number of fused-ring (bicyclic) bond motifs is 2. The van der Waals surface area contributed by atoms with Crippen LogP contribution in [-0.4, -0.2) is 103 Å². The van der Waals surface area contributed by atoms with Gasteiger partial charge in [-0.2, -0.15) is 0 Å². The highest BCUT2D eigenvalue weighted by molar-refractivity contribution is 6.03. The molecule has 0 aliphatic carbocycles. The molecule has 0 saturated heterocycles. The van der Waals surface area contributed by atoms with Crippen LogP contribution in [0.2, 0.25) is 0 Å². The Morgan fingerprint density at radius 2 is 0.525 bits per heavy atom. The van der Waals surface area contributed by atoms with Crippen molar-refractivity contribution in [2.45, 2.75) is 0 Å². The number of carbonyl (C=O) groups excluding carboxylic acids is 4. The molecule has 12 nitrogen and oxygen atoms in total. The summed E-state index contributed by atoms with van der Waals surface area (Å²) in [6.45, 7) is 1.21. The Hall–Kier alpha value is -3.84. The highest BCUT2D eigenvalue weighted by atomic mass is 16.6. The van der Waals surface area contributed by atoms with Crippen molar-refractivity contribution in [3.63, 3.8) is 0 Å². The minimum atomic E-state index is -0.678. The van der Waals surface area contributed by atoms with Gasteiger partial charge in [0.15, 0.2) is 0 Å². The van der Waals surface area contributed by atoms with Crippen LogP contribution < -0.4 is 0 Å². The molecular formula is C28H32O12. The van der Waals surface area contributed by atoms with E-state index in [1.807, 2.05) is 0 Å². The lowest BCUT2D eigenvalue weighted by Gasteiger charge is -2.11. The van der Waals surface area contributed by atoms with Crippen molar-refractivity contribution >= 4 is 23.9 Å². The number of hydrogen-bond acceptors (Lipinski definition) is 12. The predicted molar refractivity (Wildman–Crippen MR) is 137 cm³/mol. The first-order valence-corrected chi connectivity index (χ1v) is 12.8. The quantitative estimate of drug-likeness (QED) is 0.344. The molecule has 0 fully saturated rings. The highest BCUT2D eigenvalue weighted by Crippen LogP contribution is 2.13. The number of hydrogen-bond donors (Lipinski definition) is 0. The van der Waals surface area contributed by atoms with Gasteiger partial charge in [0.05, 0.1) is 75.1 Å². The van der Waals surface area contributed by atoms with Crippen LogP contribution in [0, 0.1) is 0 Å². The predicted octanol–water partition coefficient (Wildman–Crippen LogP) is 2.09. The van der Waals surface area contributed by atoms with E-state index < -0.39 is 23.9 Å². The van der Waals surface area contributed by atoms with Crippen LogP contribution in [0.1, 0.15) is 41.4 Å². The largest absolute Gasteiger partial charge is 0.460 e. The second-order valence-corrected chi connectivity index (χ2v) is 8.08. The SMILES string of the molecule is O=C1OCCOCCOCCOC(=O)c2ccccc2C(=O)OCCOCCOCCOC(=O)c2ccccc21. The first-order valence-electron chi connectivity index (χ1n) is 12.8. The van der Waals surface area contributed by atoms with E-state index in [1.165, 1.54) is 24.3 Å². The van der Waals surface area contributed by atoms with E-state index in [1.54, 1.807) is 24.3 Å². The van der Waals surface area contributed by atoms with E-state index in [4.69, 9.17) is 37.9 Å². The highest BCUT2D eigenvalue weighted by Gasteiger charge is 2.20. The van der Waals surface area contributed by atoms with Crippen LogP contribution in [0.15, 0.2) is 48.5 Å². The van der Waals surface area contributed by atoms with Crippen LogP contribution in [-0.2, 0) is 37.9 Å². The summed E-state index contributed by atoms with van der Waals surface area (Å²) in [7, 11) is 0. The summed E-state index contributed by atoms with van der Waals surface area (Å²) in [5, 5.41) is 0. The van der Waals surface area contributed by atoms with Gasteiger partial charge < -0.3 is 37.9 Å². The normalized spacial score (nSPS) is 18.4. The number of ether oxygens (including phenoxy) is 8. The number of esters is 4. The third-order valence-corrected chi connectivity index (χ3v) is 5.32. The lowest BCUT2D eigenvalue weighted by Crippen LogP contribution is -2.19. The van der Waals surface area contributed by atoms with Gasteiger partial charge in [0.1, 0.15) is 26.4 Å². The smallest absolute Gasteiger partial charge is 0.339 e. The molecule has 0 spiro atoms. The van der Waals surface area contributed by atoms with Gasteiger partial charge in [-0.3, -0.25) is 0 Å². The van der Waals surface area contributed by atoms with Gasteiger partial charge in [-0.25, -0.2) is 19.2 Å². The van der Waals surface area contributed by atoms with E-state index in [9.17, 15) is 19.2 Å². The average molecular weight is 561 g/mol. The van der Waals surface area contributed by atoms with Crippen molar-refractivity contribution in [2.24, 2.45) is 0 Å². The van der Waals surface area contributed by atoms with Gasteiger partial charge in [0.2, 0.25) is 0 Å². The Balaban J connectivity index is 1.52. The molecule has 0 amide bonds. The van der Waals surface area contributed by atoms with Crippen LogP contribution in [0.4, 0.5) is 0 Å². The molecule has 2 aromatic carbocycles. The third kappa shape index (κ3) is 10.4. The average Bonchev–Trinajstić information content (AvgIpc) is 2.98. The number of carbonyl (C=O) groups is 4. The molecule has 12 heteroatoms. The molecule has 1 heterocycles. The summed E-state index contributed by atoms with van der Waals surface area (Å²) in [4.78, 5) is 49.8.